The van der Waals surface area contributed by atoms with E-state index in [0.717, 1.165) is 38.3 Å². The molecule has 1 unspecified atom stereocenters. The second kappa shape index (κ2) is 8.26. The smallest absolute Gasteiger partial charge is 0.130 e. The molecule has 0 saturated carbocycles. The molecule has 0 saturated heterocycles. The number of rotatable bonds is 8. The van der Waals surface area contributed by atoms with Gasteiger partial charge in [-0.2, -0.15) is 0 Å². The lowest BCUT2D eigenvalue weighted by molar-refractivity contribution is 0.432. The molecule has 0 aliphatic carbocycles. The van der Waals surface area contributed by atoms with Crippen LogP contribution in [0.2, 0.25) is 0 Å². The molecule has 0 fully saturated rings. The van der Waals surface area contributed by atoms with Crippen molar-refractivity contribution >= 4 is 0 Å². The van der Waals surface area contributed by atoms with Gasteiger partial charge in [0.25, 0.3) is 0 Å². The van der Waals surface area contributed by atoms with E-state index in [-0.39, 0.29) is 6.04 Å². The standard InChI is InChI=1S/C16H25F2N/c1-4-10-19-16(7-5-6-12(2)3)14-9-8-13(17)11-15(14)18/h8-9,11-12,16,19H,4-7,10H2,1-3H3. The minimum absolute atomic E-state index is 0.0145. The van der Waals surface area contributed by atoms with Gasteiger partial charge in [0.15, 0.2) is 0 Å². The molecule has 1 aromatic rings. The Hall–Kier alpha value is -0.960. The van der Waals surface area contributed by atoms with Crippen molar-refractivity contribution in [2.24, 2.45) is 5.92 Å². The van der Waals surface area contributed by atoms with Crippen LogP contribution in [-0.2, 0) is 0 Å². The first kappa shape index (κ1) is 16.1. The van der Waals surface area contributed by atoms with Crippen molar-refractivity contribution in [1.82, 2.24) is 5.32 Å². The molecule has 1 atom stereocenters. The molecule has 1 N–H and O–H groups in total. The molecular weight excluding hydrogens is 244 g/mol. The van der Waals surface area contributed by atoms with Gasteiger partial charge in [-0.1, -0.05) is 39.7 Å². The van der Waals surface area contributed by atoms with E-state index >= 15 is 0 Å². The monoisotopic (exact) mass is 269 g/mol. The van der Waals surface area contributed by atoms with E-state index in [1.54, 1.807) is 6.07 Å². The van der Waals surface area contributed by atoms with Crippen LogP contribution >= 0.6 is 0 Å². The average molecular weight is 269 g/mol. The van der Waals surface area contributed by atoms with Crippen molar-refractivity contribution < 1.29 is 8.78 Å². The third-order valence-electron chi connectivity index (χ3n) is 3.25. The van der Waals surface area contributed by atoms with Gasteiger partial charge in [-0.25, -0.2) is 8.78 Å². The molecule has 0 spiro atoms. The average Bonchev–Trinajstić information content (AvgIpc) is 2.34. The molecular formula is C16H25F2N. The molecule has 1 rings (SSSR count). The predicted octanol–water partition coefficient (Wildman–Crippen LogP) is 4.83. The zero-order valence-corrected chi connectivity index (χ0v) is 12.2. The van der Waals surface area contributed by atoms with Crippen LogP contribution in [-0.4, -0.2) is 6.54 Å². The fourth-order valence-electron chi connectivity index (χ4n) is 2.20. The Balaban J connectivity index is 2.71. The third kappa shape index (κ3) is 5.68. The van der Waals surface area contributed by atoms with E-state index in [2.05, 4.69) is 26.1 Å². The van der Waals surface area contributed by atoms with Gasteiger partial charge in [0.05, 0.1) is 0 Å². The Labute approximate surface area is 115 Å². The SMILES string of the molecule is CCCNC(CCCC(C)C)c1ccc(F)cc1F. The van der Waals surface area contributed by atoms with Crippen molar-refractivity contribution in [1.29, 1.82) is 0 Å². The van der Waals surface area contributed by atoms with Gasteiger partial charge in [-0.3, -0.25) is 0 Å². The lowest BCUT2D eigenvalue weighted by Gasteiger charge is -2.20. The summed E-state index contributed by atoms with van der Waals surface area (Å²) in [5.74, 6) is -0.305. The van der Waals surface area contributed by atoms with E-state index in [1.807, 2.05) is 0 Å². The summed E-state index contributed by atoms with van der Waals surface area (Å²) in [4.78, 5) is 0. The summed E-state index contributed by atoms with van der Waals surface area (Å²) in [5, 5.41) is 3.36. The van der Waals surface area contributed by atoms with Gasteiger partial charge in [-0.05, 0) is 31.4 Å². The van der Waals surface area contributed by atoms with Crippen LogP contribution in [0.25, 0.3) is 0 Å². The van der Waals surface area contributed by atoms with Gasteiger partial charge >= 0.3 is 0 Å². The summed E-state index contributed by atoms with van der Waals surface area (Å²) in [5.41, 5.74) is 0.582. The molecule has 1 nitrogen and oxygen atoms in total. The van der Waals surface area contributed by atoms with Crippen LogP contribution in [0.5, 0.6) is 0 Å². The molecule has 0 aromatic heterocycles. The molecule has 0 bridgehead atoms. The van der Waals surface area contributed by atoms with Crippen LogP contribution in [0.4, 0.5) is 8.78 Å². The van der Waals surface area contributed by atoms with Crippen LogP contribution in [0, 0.1) is 17.6 Å². The van der Waals surface area contributed by atoms with Crippen molar-refractivity contribution in [3.63, 3.8) is 0 Å². The van der Waals surface area contributed by atoms with Gasteiger partial charge in [0.2, 0.25) is 0 Å². The number of benzene rings is 1. The van der Waals surface area contributed by atoms with Crippen LogP contribution < -0.4 is 5.32 Å². The normalized spacial score (nSPS) is 12.9. The number of hydrogen-bond acceptors (Lipinski definition) is 1. The summed E-state index contributed by atoms with van der Waals surface area (Å²) < 4.78 is 26.8. The summed E-state index contributed by atoms with van der Waals surface area (Å²) in [6.45, 7) is 7.31. The Kier molecular flexibility index (Phi) is 7.00. The maximum atomic E-state index is 13.8. The first-order valence-electron chi connectivity index (χ1n) is 7.23. The van der Waals surface area contributed by atoms with Gasteiger partial charge in [-0.15, -0.1) is 0 Å². The van der Waals surface area contributed by atoms with Gasteiger partial charge < -0.3 is 5.32 Å². The van der Waals surface area contributed by atoms with Crippen LogP contribution in [0.3, 0.4) is 0 Å². The Morgan fingerprint density at radius 3 is 2.47 bits per heavy atom. The van der Waals surface area contributed by atoms with Crippen LogP contribution in [0.1, 0.15) is 58.1 Å². The second-order valence-corrected chi connectivity index (χ2v) is 5.50. The van der Waals surface area contributed by atoms with E-state index < -0.39 is 11.6 Å². The second-order valence-electron chi connectivity index (χ2n) is 5.50. The maximum absolute atomic E-state index is 13.8. The number of halogens is 2. The quantitative estimate of drug-likeness (QED) is 0.712. The van der Waals surface area contributed by atoms with Crippen LogP contribution in [0.15, 0.2) is 18.2 Å². The Bertz CT molecular complexity index is 377. The van der Waals surface area contributed by atoms with Crippen molar-refractivity contribution in [3.05, 3.63) is 35.4 Å². The molecule has 0 aliphatic rings. The number of nitrogens with one attached hydrogen (secondary N) is 1. The number of hydrogen-bond donors (Lipinski definition) is 1. The highest BCUT2D eigenvalue weighted by molar-refractivity contribution is 5.22. The topological polar surface area (TPSA) is 12.0 Å². The zero-order valence-electron chi connectivity index (χ0n) is 12.2. The largest absolute Gasteiger partial charge is 0.310 e. The van der Waals surface area contributed by atoms with E-state index in [4.69, 9.17) is 0 Å². The molecule has 108 valence electrons. The highest BCUT2D eigenvalue weighted by Gasteiger charge is 2.15. The van der Waals surface area contributed by atoms with Crippen molar-refractivity contribution in [2.45, 2.75) is 52.5 Å². The highest BCUT2D eigenvalue weighted by Crippen LogP contribution is 2.24. The molecule has 3 heteroatoms. The van der Waals surface area contributed by atoms with Crippen molar-refractivity contribution in [2.75, 3.05) is 6.54 Å². The molecule has 0 aliphatic heterocycles. The minimum atomic E-state index is -0.516. The van der Waals surface area contributed by atoms with E-state index in [1.165, 1.54) is 6.07 Å². The highest BCUT2D eigenvalue weighted by atomic mass is 19.1. The molecule has 1 aromatic carbocycles. The summed E-state index contributed by atoms with van der Waals surface area (Å²) in [7, 11) is 0. The minimum Gasteiger partial charge on any atom is -0.310 e. The lowest BCUT2D eigenvalue weighted by atomic mass is 9.97. The maximum Gasteiger partial charge on any atom is 0.130 e. The predicted molar refractivity (Wildman–Crippen MR) is 76.1 cm³/mol. The molecule has 19 heavy (non-hydrogen) atoms. The fourth-order valence-corrected chi connectivity index (χ4v) is 2.20. The van der Waals surface area contributed by atoms with Gasteiger partial charge in [0, 0.05) is 17.7 Å². The fraction of sp³-hybridized carbons (Fsp3) is 0.625. The van der Waals surface area contributed by atoms with E-state index in [9.17, 15) is 8.78 Å². The molecule has 0 radical (unpaired) electrons. The van der Waals surface area contributed by atoms with E-state index in [0.29, 0.717) is 11.5 Å². The van der Waals surface area contributed by atoms with Crippen molar-refractivity contribution in [3.8, 4) is 0 Å². The Morgan fingerprint density at radius 1 is 1.16 bits per heavy atom. The molecule has 0 heterocycles. The zero-order chi connectivity index (χ0) is 14.3. The summed E-state index contributed by atoms with van der Waals surface area (Å²) in [6, 6.07) is 3.85. The summed E-state index contributed by atoms with van der Waals surface area (Å²) >= 11 is 0. The lowest BCUT2D eigenvalue weighted by Crippen LogP contribution is -2.23. The third-order valence-corrected chi connectivity index (χ3v) is 3.25. The van der Waals surface area contributed by atoms with Gasteiger partial charge in [0.1, 0.15) is 11.6 Å². The summed E-state index contributed by atoms with van der Waals surface area (Å²) in [6.07, 6.45) is 4.08. The molecule has 0 amide bonds. The Morgan fingerprint density at radius 2 is 1.89 bits per heavy atom. The first-order chi connectivity index (χ1) is 9.04. The first-order valence-corrected chi connectivity index (χ1v) is 7.23.